The summed E-state index contributed by atoms with van der Waals surface area (Å²) in [5.41, 5.74) is 6.12. The minimum absolute atomic E-state index is 0.162. The van der Waals surface area contributed by atoms with Gasteiger partial charge < -0.3 is 9.67 Å². The summed E-state index contributed by atoms with van der Waals surface area (Å²) in [5, 5.41) is 11.2. The van der Waals surface area contributed by atoms with Crippen LogP contribution in [0.1, 0.15) is 35.3 Å². The molecule has 0 fully saturated rings. The zero-order chi connectivity index (χ0) is 17.0. The second kappa shape index (κ2) is 5.75. The average Bonchev–Trinajstić information content (AvgIpc) is 3.23. The summed E-state index contributed by atoms with van der Waals surface area (Å²) in [6.07, 6.45) is 7.51. The van der Waals surface area contributed by atoms with Crippen molar-refractivity contribution in [3.8, 4) is 11.3 Å². The van der Waals surface area contributed by atoms with Crippen molar-refractivity contribution in [3.05, 3.63) is 71.7 Å². The van der Waals surface area contributed by atoms with Gasteiger partial charge in [-0.2, -0.15) is 0 Å². The van der Waals surface area contributed by atoms with Crippen LogP contribution in [0.25, 0.3) is 11.3 Å². The van der Waals surface area contributed by atoms with Crippen molar-refractivity contribution in [3.63, 3.8) is 0 Å². The van der Waals surface area contributed by atoms with E-state index in [4.69, 9.17) is 0 Å². The van der Waals surface area contributed by atoms with E-state index in [0.717, 1.165) is 24.1 Å². The summed E-state index contributed by atoms with van der Waals surface area (Å²) < 4.78 is 2.25. The third-order valence-electron chi connectivity index (χ3n) is 5.75. The Labute approximate surface area is 151 Å². The summed E-state index contributed by atoms with van der Waals surface area (Å²) in [7, 11) is 0. The molecule has 25 heavy (non-hydrogen) atoms. The first-order valence-corrected chi connectivity index (χ1v) is 9.96. The summed E-state index contributed by atoms with van der Waals surface area (Å²) >= 11 is 1.73. The lowest BCUT2D eigenvalue weighted by Gasteiger charge is -2.35. The molecule has 0 amide bonds. The van der Waals surface area contributed by atoms with E-state index in [1.54, 1.807) is 11.8 Å². The van der Waals surface area contributed by atoms with Gasteiger partial charge in [-0.3, -0.25) is 0 Å². The van der Waals surface area contributed by atoms with Gasteiger partial charge in [0.1, 0.15) is 0 Å². The maximum Gasteiger partial charge on any atom is 0.0956 e. The molecule has 3 nitrogen and oxygen atoms in total. The van der Waals surface area contributed by atoms with E-state index in [1.807, 2.05) is 12.5 Å². The molecule has 1 aromatic heterocycles. The Bertz CT molecular complexity index is 949. The van der Waals surface area contributed by atoms with Crippen LogP contribution in [-0.2, 0) is 6.42 Å². The van der Waals surface area contributed by atoms with Crippen molar-refractivity contribution in [1.29, 1.82) is 0 Å². The highest BCUT2D eigenvalue weighted by molar-refractivity contribution is 7.98. The SMILES string of the molecule is CSc1ccc2c(c1)[C@H](O)[C@H](C1c3ccccc3-c3cncn31)CC2. The minimum atomic E-state index is -0.442. The number of aliphatic hydroxyl groups excluding tert-OH is 1. The van der Waals surface area contributed by atoms with Gasteiger partial charge in [0.05, 0.1) is 30.4 Å². The molecule has 1 N–H and O–H groups in total. The predicted octanol–water partition coefficient (Wildman–Crippen LogP) is 4.47. The van der Waals surface area contributed by atoms with Crippen LogP contribution in [-0.4, -0.2) is 20.9 Å². The van der Waals surface area contributed by atoms with E-state index >= 15 is 0 Å². The van der Waals surface area contributed by atoms with Crippen LogP contribution in [0, 0.1) is 5.92 Å². The van der Waals surface area contributed by atoms with Crippen LogP contribution in [0.15, 0.2) is 59.9 Å². The van der Waals surface area contributed by atoms with Gasteiger partial charge >= 0.3 is 0 Å². The third kappa shape index (κ3) is 2.21. The Morgan fingerprint density at radius 2 is 2.04 bits per heavy atom. The molecule has 0 saturated carbocycles. The van der Waals surface area contributed by atoms with Gasteiger partial charge in [0.2, 0.25) is 0 Å². The van der Waals surface area contributed by atoms with Crippen molar-refractivity contribution >= 4 is 11.8 Å². The maximum absolute atomic E-state index is 11.2. The Morgan fingerprint density at radius 3 is 2.92 bits per heavy atom. The van der Waals surface area contributed by atoms with Gasteiger partial charge in [0.15, 0.2) is 0 Å². The van der Waals surface area contributed by atoms with Crippen molar-refractivity contribution in [1.82, 2.24) is 9.55 Å². The number of rotatable bonds is 2. The molecule has 126 valence electrons. The molecule has 0 radical (unpaired) electrons. The second-order valence-electron chi connectivity index (χ2n) is 6.93. The molecule has 3 aromatic rings. The van der Waals surface area contributed by atoms with E-state index in [0.29, 0.717) is 0 Å². The molecule has 5 rings (SSSR count). The Hall–Kier alpha value is -2.04. The molecular weight excluding hydrogens is 328 g/mol. The summed E-state index contributed by atoms with van der Waals surface area (Å²) in [5.74, 6) is 0.168. The zero-order valence-electron chi connectivity index (χ0n) is 14.1. The van der Waals surface area contributed by atoms with Gasteiger partial charge in [-0.25, -0.2) is 4.98 Å². The molecule has 1 aliphatic carbocycles. The number of fused-ring (bicyclic) bond motifs is 4. The molecule has 2 heterocycles. The number of hydrogen-bond acceptors (Lipinski definition) is 3. The highest BCUT2D eigenvalue weighted by atomic mass is 32.2. The second-order valence-corrected chi connectivity index (χ2v) is 7.81. The normalized spacial score (nSPS) is 23.8. The van der Waals surface area contributed by atoms with Gasteiger partial charge in [-0.1, -0.05) is 30.3 Å². The molecule has 4 heteroatoms. The third-order valence-corrected chi connectivity index (χ3v) is 6.48. The fourth-order valence-electron chi connectivity index (χ4n) is 4.55. The highest BCUT2D eigenvalue weighted by Crippen LogP contribution is 2.50. The Kier molecular flexibility index (Phi) is 3.50. The van der Waals surface area contributed by atoms with Crippen LogP contribution in [0.2, 0.25) is 0 Å². The first kappa shape index (κ1) is 15.2. The monoisotopic (exact) mass is 348 g/mol. The highest BCUT2D eigenvalue weighted by Gasteiger charge is 2.40. The summed E-state index contributed by atoms with van der Waals surface area (Å²) in [6, 6.07) is 15.2. The van der Waals surface area contributed by atoms with Gasteiger partial charge in [0, 0.05) is 16.4 Å². The predicted molar refractivity (Wildman–Crippen MR) is 101 cm³/mol. The smallest absolute Gasteiger partial charge is 0.0956 e. The maximum atomic E-state index is 11.2. The first-order valence-electron chi connectivity index (χ1n) is 8.74. The molecule has 2 aromatic carbocycles. The van der Waals surface area contributed by atoms with Crippen LogP contribution in [0.3, 0.4) is 0 Å². The largest absolute Gasteiger partial charge is 0.388 e. The number of imidazole rings is 1. The Balaban J connectivity index is 1.60. The van der Waals surface area contributed by atoms with Crippen molar-refractivity contribution in [2.75, 3.05) is 6.26 Å². The van der Waals surface area contributed by atoms with Crippen molar-refractivity contribution < 1.29 is 5.11 Å². The van der Waals surface area contributed by atoms with Gasteiger partial charge in [0.25, 0.3) is 0 Å². The standard InChI is InChI=1S/C21H20N2OS/c1-25-14-8-6-13-7-9-17(21(24)18(13)10-14)20-16-5-3-2-4-15(16)19-11-22-12-23(19)20/h2-6,8,10-12,17,20-21,24H,7,9H2,1H3/t17-,20?,21+/m0/s1. The van der Waals surface area contributed by atoms with Crippen LogP contribution in [0.5, 0.6) is 0 Å². The molecule has 0 bridgehead atoms. The molecule has 1 unspecified atom stereocenters. The number of hydrogen-bond donors (Lipinski definition) is 1. The molecule has 0 saturated heterocycles. The average molecular weight is 348 g/mol. The van der Waals surface area contributed by atoms with Crippen LogP contribution < -0.4 is 0 Å². The molecule has 1 aliphatic heterocycles. The molecule has 3 atom stereocenters. The van der Waals surface area contributed by atoms with Crippen molar-refractivity contribution in [2.45, 2.75) is 29.9 Å². The van der Waals surface area contributed by atoms with E-state index in [9.17, 15) is 5.11 Å². The lowest BCUT2D eigenvalue weighted by atomic mass is 9.76. The number of thioether (sulfide) groups is 1. The number of aryl methyl sites for hydroxylation is 1. The summed E-state index contributed by atoms with van der Waals surface area (Å²) in [6.45, 7) is 0. The zero-order valence-corrected chi connectivity index (χ0v) is 14.9. The van der Waals surface area contributed by atoms with E-state index < -0.39 is 6.10 Å². The van der Waals surface area contributed by atoms with Gasteiger partial charge in [-0.15, -0.1) is 11.8 Å². The van der Waals surface area contributed by atoms with E-state index in [1.165, 1.54) is 21.6 Å². The van der Waals surface area contributed by atoms with Crippen LogP contribution >= 0.6 is 11.8 Å². The molecular formula is C21H20N2OS. The molecule has 0 spiro atoms. The van der Waals surface area contributed by atoms with E-state index in [2.05, 4.69) is 58.3 Å². The Morgan fingerprint density at radius 1 is 1.16 bits per heavy atom. The fraction of sp³-hybridized carbons (Fsp3) is 0.286. The number of nitrogens with zero attached hydrogens (tertiary/aromatic N) is 2. The minimum Gasteiger partial charge on any atom is -0.388 e. The van der Waals surface area contributed by atoms with Crippen LogP contribution in [0.4, 0.5) is 0 Å². The number of aromatic nitrogens is 2. The first-order chi connectivity index (χ1) is 12.3. The fourth-order valence-corrected chi connectivity index (χ4v) is 5.00. The number of aliphatic hydroxyl groups is 1. The lowest BCUT2D eigenvalue weighted by molar-refractivity contribution is 0.0718. The quantitative estimate of drug-likeness (QED) is 0.694. The lowest BCUT2D eigenvalue weighted by Crippen LogP contribution is -2.28. The number of benzene rings is 2. The molecule has 2 aliphatic rings. The van der Waals surface area contributed by atoms with Gasteiger partial charge in [-0.05, 0) is 47.9 Å². The topological polar surface area (TPSA) is 38.1 Å². The van der Waals surface area contributed by atoms with Crippen molar-refractivity contribution in [2.24, 2.45) is 5.92 Å². The summed E-state index contributed by atoms with van der Waals surface area (Å²) in [4.78, 5) is 5.58. The van der Waals surface area contributed by atoms with E-state index in [-0.39, 0.29) is 12.0 Å².